The van der Waals surface area contributed by atoms with E-state index in [1.54, 1.807) is 43.8 Å². The Hall–Kier alpha value is -2.52. The number of aromatic nitrogens is 3. The molecule has 0 saturated heterocycles. The molecule has 0 spiro atoms. The van der Waals surface area contributed by atoms with E-state index in [0.717, 1.165) is 16.5 Å². The SMILES string of the molecule is COc1ccc(NC(=O)CSc2nnc(-c3csc(C)c3C)n2C(C)C)c(OC)c1. The number of anilines is 1. The Balaban J connectivity index is 1.75. The van der Waals surface area contributed by atoms with Crippen molar-refractivity contribution in [3.05, 3.63) is 34.0 Å². The molecule has 160 valence electrons. The lowest BCUT2D eigenvalue weighted by atomic mass is 10.1. The fraction of sp³-hybridized carbons (Fsp3) is 0.381. The zero-order chi connectivity index (χ0) is 21.8. The molecule has 3 rings (SSSR count). The summed E-state index contributed by atoms with van der Waals surface area (Å²) in [5.41, 5.74) is 2.91. The molecular formula is C21H26N4O3S2. The van der Waals surface area contributed by atoms with Gasteiger partial charge in [-0.1, -0.05) is 11.8 Å². The second-order valence-electron chi connectivity index (χ2n) is 7.00. The summed E-state index contributed by atoms with van der Waals surface area (Å²) < 4.78 is 12.6. The molecule has 3 aromatic rings. The first-order valence-corrected chi connectivity index (χ1v) is 11.4. The molecule has 2 aromatic heterocycles. The predicted octanol–water partition coefficient (Wildman–Crippen LogP) is 4.95. The summed E-state index contributed by atoms with van der Waals surface area (Å²) >= 11 is 3.08. The van der Waals surface area contributed by atoms with Gasteiger partial charge in [-0.15, -0.1) is 21.5 Å². The monoisotopic (exact) mass is 446 g/mol. The van der Waals surface area contributed by atoms with Crippen molar-refractivity contribution < 1.29 is 14.3 Å². The van der Waals surface area contributed by atoms with Gasteiger partial charge in [-0.2, -0.15) is 0 Å². The van der Waals surface area contributed by atoms with Gasteiger partial charge in [-0.25, -0.2) is 0 Å². The number of carbonyl (C=O) groups is 1. The number of hydrogen-bond acceptors (Lipinski definition) is 7. The van der Waals surface area contributed by atoms with Crippen LogP contribution in [0.4, 0.5) is 5.69 Å². The molecule has 0 aliphatic heterocycles. The standard InChI is InChI=1S/C21H26N4O3S2/c1-12(2)25-20(16-10-29-14(4)13(16)3)23-24-21(25)30-11-19(26)22-17-8-7-15(27-5)9-18(17)28-6/h7-10,12H,11H2,1-6H3,(H,22,26). The summed E-state index contributed by atoms with van der Waals surface area (Å²) in [5.74, 6) is 2.11. The highest BCUT2D eigenvalue weighted by Crippen LogP contribution is 2.34. The van der Waals surface area contributed by atoms with E-state index >= 15 is 0 Å². The third kappa shape index (κ3) is 4.62. The highest BCUT2D eigenvalue weighted by atomic mass is 32.2. The number of aryl methyl sites for hydroxylation is 1. The molecular weight excluding hydrogens is 420 g/mol. The Labute approximate surface area is 184 Å². The van der Waals surface area contributed by atoms with Gasteiger partial charge in [0.1, 0.15) is 11.5 Å². The highest BCUT2D eigenvalue weighted by molar-refractivity contribution is 7.99. The normalized spacial score (nSPS) is 11.0. The third-order valence-electron chi connectivity index (χ3n) is 4.72. The van der Waals surface area contributed by atoms with Crippen LogP contribution in [0.5, 0.6) is 11.5 Å². The molecule has 2 heterocycles. The second kappa shape index (κ2) is 9.53. The number of hydrogen-bond donors (Lipinski definition) is 1. The fourth-order valence-electron chi connectivity index (χ4n) is 2.98. The Bertz CT molecular complexity index is 1040. The molecule has 1 aromatic carbocycles. The van der Waals surface area contributed by atoms with E-state index in [2.05, 4.69) is 53.2 Å². The van der Waals surface area contributed by atoms with Crippen molar-refractivity contribution in [2.24, 2.45) is 0 Å². The van der Waals surface area contributed by atoms with Gasteiger partial charge in [0.25, 0.3) is 0 Å². The Morgan fingerprint density at radius 3 is 2.60 bits per heavy atom. The summed E-state index contributed by atoms with van der Waals surface area (Å²) in [6.07, 6.45) is 0. The van der Waals surface area contributed by atoms with Crippen molar-refractivity contribution >= 4 is 34.7 Å². The van der Waals surface area contributed by atoms with Crippen LogP contribution >= 0.6 is 23.1 Å². The van der Waals surface area contributed by atoms with E-state index in [4.69, 9.17) is 9.47 Å². The third-order valence-corrected chi connectivity index (χ3v) is 6.68. The molecule has 0 saturated carbocycles. The molecule has 9 heteroatoms. The summed E-state index contributed by atoms with van der Waals surface area (Å²) in [6, 6.07) is 5.44. The van der Waals surface area contributed by atoms with Crippen LogP contribution in [0.1, 0.15) is 30.3 Å². The largest absolute Gasteiger partial charge is 0.497 e. The zero-order valence-electron chi connectivity index (χ0n) is 18.0. The van der Waals surface area contributed by atoms with Crippen LogP contribution in [0.15, 0.2) is 28.7 Å². The number of nitrogens with one attached hydrogen (secondary N) is 1. The maximum atomic E-state index is 12.5. The van der Waals surface area contributed by atoms with Crippen molar-refractivity contribution in [3.8, 4) is 22.9 Å². The lowest BCUT2D eigenvalue weighted by Crippen LogP contribution is -2.15. The number of ether oxygens (including phenoxy) is 2. The van der Waals surface area contributed by atoms with Crippen molar-refractivity contribution in [1.29, 1.82) is 0 Å². The van der Waals surface area contributed by atoms with Crippen LogP contribution in [-0.4, -0.2) is 40.6 Å². The van der Waals surface area contributed by atoms with Crippen LogP contribution < -0.4 is 14.8 Å². The fourth-order valence-corrected chi connectivity index (χ4v) is 4.71. The number of methoxy groups -OCH3 is 2. The van der Waals surface area contributed by atoms with Gasteiger partial charge < -0.3 is 14.8 Å². The lowest BCUT2D eigenvalue weighted by Gasteiger charge is -2.14. The maximum absolute atomic E-state index is 12.5. The zero-order valence-corrected chi connectivity index (χ0v) is 19.6. The van der Waals surface area contributed by atoms with Crippen molar-refractivity contribution in [2.75, 3.05) is 25.3 Å². The number of benzene rings is 1. The minimum Gasteiger partial charge on any atom is -0.497 e. The molecule has 7 nitrogen and oxygen atoms in total. The summed E-state index contributed by atoms with van der Waals surface area (Å²) in [5, 5.41) is 14.5. The maximum Gasteiger partial charge on any atom is 0.234 e. The van der Waals surface area contributed by atoms with Crippen LogP contribution in [0, 0.1) is 13.8 Å². The Morgan fingerprint density at radius 2 is 2.00 bits per heavy atom. The molecule has 1 amide bonds. The van der Waals surface area contributed by atoms with Gasteiger partial charge in [0, 0.05) is 27.9 Å². The number of carbonyl (C=O) groups excluding carboxylic acids is 1. The first-order valence-electron chi connectivity index (χ1n) is 9.50. The van der Waals surface area contributed by atoms with Gasteiger partial charge in [-0.3, -0.25) is 9.36 Å². The minimum absolute atomic E-state index is 0.147. The van der Waals surface area contributed by atoms with E-state index in [0.29, 0.717) is 17.2 Å². The van der Waals surface area contributed by atoms with Gasteiger partial charge in [0.2, 0.25) is 5.91 Å². The summed E-state index contributed by atoms with van der Waals surface area (Å²) in [7, 11) is 3.14. The molecule has 30 heavy (non-hydrogen) atoms. The first kappa shape index (κ1) is 22.2. The van der Waals surface area contributed by atoms with Crippen molar-refractivity contribution in [2.45, 2.75) is 38.9 Å². The van der Waals surface area contributed by atoms with Crippen molar-refractivity contribution in [3.63, 3.8) is 0 Å². The average molecular weight is 447 g/mol. The van der Waals surface area contributed by atoms with Crippen LogP contribution in [0.3, 0.4) is 0 Å². The predicted molar refractivity (Wildman–Crippen MR) is 122 cm³/mol. The first-order chi connectivity index (χ1) is 14.3. The van der Waals surface area contributed by atoms with Crippen LogP contribution in [-0.2, 0) is 4.79 Å². The molecule has 0 radical (unpaired) electrons. The average Bonchev–Trinajstić information content (AvgIpc) is 3.30. The molecule has 0 aliphatic carbocycles. The number of amides is 1. The quantitative estimate of drug-likeness (QED) is 0.493. The van der Waals surface area contributed by atoms with E-state index < -0.39 is 0 Å². The number of nitrogens with zero attached hydrogens (tertiary/aromatic N) is 3. The van der Waals surface area contributed by atoms with Crippen molar-refractivity contribution in [1.82, 2.24) is 14.8 Å². The molecule has 0 aliphatic rings. The van der Waals surface area contributed by atoms with Crippen LogP contribution in [0.2, 0.25) is 0 Å². The molecule has 1 N–H and O–H groups in total. The van der Waals surface area contributed by atoms with Gasteiger partial charge in [0.15, 0.2) is 11.0 Å². The Kier molecular flexibility index (Phi) is 7.04. The van der Waals surface area contributed by atoms with Crippen LogP contribution in [0.25, 0.3) is 11.4 Å². The molecule has 0 atom stereocenters. The molecule has 0 fully saturated rings. The van der Waals surface area contributed by atoms with E-state index in [1.165, 1.54) is 22.2 Å². The number of rotatable bonds is 8. The summed E-state index contributed by atoms with van der Waals surface area (Å²) in [6.45, 7) is 8.39. The van der Waals surface area contributed by atoms with E-state index in [1.807, 2.05) is 0 Å². The van der Waals surface area contributed by atoms with Gasteiger partial charge in [0.05, 0.1) is 25.7 Å². The lowest BCUT2D eigenvalue weighted by molar-refractivity contribution is -0.113. The van der Waals surface area contributed by atoms with E-state index in [-0.39, 0.29) is 17.7 Å². The minimum atomic E-state index is -0.147. The molecule has 0 unspecified atom stereocenters. The Morgan fingerprint density at radius 1 is 1.23 bits per heavy atom. The number of thioether (sulfide) groups is 1. The molecule has 0 bridgehead atoms. The number of thiophene rings is 1. The highest BCUT2D eigenvalue weighted by Gasteiger charge is 2.20. The van der Waals surface area contributed by atoms with E-state index in [9.17, 15) is 4.79 Å². The van der Waals surface area contributed by atoms with Gasteiger partial charge >= 0.3 is 0 Å². The summed E-state index contributed by atoms with van der Waals surface area (Å²) in [4.78, 5) is 13.8. The van der Waals surface area contributed by atoms with Gasteiger partial charge in [-0.05, 0) is 45.4 Å². The topological polar surface area (TPSA) is 78.3 Å². The second-order valence-corrected chi connectivity index (χ2v) is 9.03. The smallest absolute Gasteiger partial charge is 0.234 e.